The first-order valence-corrected chi connectivity index (χ1v) is 11.4. The lowest BCUT2D eigenvalue weighted by Gasteiger charge is -2.63. The van der Waals surface area contributed by atoms with Crippen LogP contribution in [-0.4, -0.2) is 0 Å². The molecule has 2 rings (SSSR count). The summed E-state index contributed by atoms with van der Waals surface area (Å²) in [6, 6.07) is 0. The van der Waals surface area contributed by atoms with E-state index < -0.39 is 0 Å². The van der Waals surface area contributed by atoms with Crippen molar-refractivity contribution in [3.63, 3.8) is 0 Å². The Bertz CT molecular complexity index is 381. The van der Waals surface area contributed by atoms with E-state index in [-0.39, 0.29) is 0 Å². The van der Waals surface area contributed by atoms with Crippen molar-refractivity contribution in [3.8, 4) is 0 Å². The van der Waals surface area contributed by atoms with Crippen LogP contribution < -0.4 is 0 Å². The fourth-order valence-corrected chi connectivity index (χ4v) is 7.87. The molecular formula is C25H48. The Morgan fingerprint density at radius 2 is 0.720 bits per heavy atom. The summed E-state index contributed by atoms with van der Waals surface area (Å²) in [5, 5.41) is 0. The predicted octanol–water partition coefficient (Wildman–Crippen LogP) is 8.21. The van der Waals surface area contributed by atoms with Gasteiger partial charge in [-0.1, -0.05) is 108 Å². The standard InChI is InChI=1S/C25H48/c1-17-13-11-14-18(2)21(17)23(5,6)25(9,10)24(7,8)22-19(3)15-12-16-20(22)4/h17-22H,11-16H2,1-10H3. The second kappa shape index (κ2) is 7.20. The maximum Gasteiger partial charge on any atom is -0.0246 e. The summed E-state index contributed by atoms with van der Waals surface area (Å²) in [7, 11) is 0. The van der Waals surface area contributed by atoms with Gasteiger partial charge in [0.05, 0.1) is 0 Å². The van der Waals surface area contributed by atoms with Crippen LogP contribution in [0.3, 0.4) is 0 Å². The minimum atomic E-state index is 0.328. The molecule has 2 aliphatic rings. The van der Waals surface area contributed by atoms with E-state index in [1.807, 2.05) is 0 Å². The van der Waals surface area contributed by atoms with Crippen molar-refractivity contribution in [3.05, 3.63) is 0 Å². The molecule has 0 aromatic rings. The molecule has 0 heterocycles. The zero-order valence-electron chi connectivity index (χ0n) is 19.2. The van der Waals surface area contributed by atoms with Crippen LogP contribution in [0.1, 0.15) is 108 Å². The molecule has 0 nitrogen and oxygen atoms in total. The van der Waals surface area contributed by atoms with Gasteiger partial charge in [-0.3, -0.25) is 0 Å². The maximum atomic E-state index is 2.62. The summed E-state index contributed by atoms with van der Waals surface area (Å²) in [6.45, 7) is 25.9. The van der Waals surface area contributed by atoms with Gasteiger partial charge in [0.15, 0.2) is 0 Å². The molecule has 148 valence electrons. The van der Waals surface area contributed by atoms with Crippen LogP contribution in [0.4, 0.5) is 0 Å². The van der Waals surface area contributed by atoms with Crippen LogP contribution in [0.15, 0.2) is 0 Å². The van der Waals surface area contributed by atoms with E-state index in [4.69, 9.17) is 0 Å². The van der Waals surface area contributed by atoms with Crippen LogP contribution in [0.25, 0.3) is 0 Å². The fourth-order valence-electron chi connectivity index (χ4n) is 7.87. The molecule has 2 saturated carbocycles. The molecule has 0 saturated heterocycles. The summed E-state index contributed by atoms with van der Waals surface area (Å²) in [5.41, 5.74) is 1.06. The normalized spacial score (nSPS) is 38.6. The van der Waals surface area contributed by atoms with Crippen LogP contribution >= 0.6 is 0 Å². The van der Waals surface area contributed by atoms with Crippen LogP contribution in [0.2, 0.25) is 0 Å². The molecule has 0 bridgehead atoms. The van der Waals surface area contributed by atoms with Crippen molar-refractivity contribution in [2.24, 2.45) is 51.8 Å². The fraction of sp³-hybridized carbons (Fsp3) is 1.00. The second-order valence-corrected chi connectivity index (χ2v) is 11.9. The summed E-state index contributed by atoms with van der Waals surface area (Å²) >= 11 is 0. The van der Waals surface area contributed by atoms with Gasteiger partial charge in [0.1, 0.15) is 0 Å². The van der Waals surface area contributed by atoms with Crippen LogP contribution in [0, 0.1) is 51.8 Å². The van der Waals surface area contributed by atoms with Crippen molar-refractivity contribution >= 4 is 0 Å². The molecule has 0 radical (unpaired) electrons. The Labute approximate surface area is 159 Å². The number of hydrogen-bond donors (Lipinski definition) is 0. The highest BCUT2D eigenvalue weighted by Gasteiger charge is 2.57. The summed E-state index contributed by atoms with van der Waals surface area (Å²) < 4.78 is 0. The van der Waals surface area contributed by atoms with E-state index in [1.54, 1.807) is 0 Å². The van der Waals surface area contributed by atoms with Crippen molar-refractivity contribution in [2.75, 3.05) is 0 Å². The zero-order chi connectivity index (χ0) is 19.2. The topological polar surface area (TPSA) is 0 Å². The lowest BCUT2D eigenvalue weighted by atomic mass is 9.42. The van der Waals surface area contributed by atoms with Gasteiger partial charge >= 0.3 is 0 Å². The highest BCUT2D eigenvalue weighted by molar-refractivity contribution is 5.06. The highest BCUT2D eigenvalue weighted by atomic mass is 14.6. The first kappa shape index (κ1) is 21.3. The Morgan fingerprint density at radius 1 is 0.480 bits per heavy atom. The van der Waals surface area contributed by atoms with Crippen molar-refractivity contribution < 1.29 is 0 Å². The van der Waals surface area contributed by atoms with Crippen molar-refractivity contribution in [1.82, 2.24) is 0 Å². The zero-order valence-corrected chi connectivity index (χ0v) is 19.2. The summed E-state index contributed by atoms with van der Waals surface area (Å²) in [5.74, 6) is 5.18. The van der Waals surface area contributed by atoms with Crippen LogP contribution in [0.5, 0.6) is 0 Å². The third-order valence-electron chi connectivity index (χ3n) is 9.98. The first-order valence-electron chi connectivity index (χ1n) is 11.4. The third-order valence-corrected chi connectivity index (χ3v) is 9.98. The van der Waals surface area contributed by atoms with Gasteiger partial charge < -0.3 is 0 Å². The molecule has 25 heavy (non-hydrogen) atoms. The van der Waals surface area contributed by atoms with E-state index in [2.05, 4.69) is 69.2 Å². The third kappa shape index (κ3) is 3.45. The van der Waals surface area contributed by atoms with Gasteiger partial charge in [-0.2, -0.15) is 0 Å². The lowest BCUT2D eigenvalue weighted by molar-refractivity contribution is -0.143. The molecule has 0 aromatic heterocycles. The van der Waals surface area contributed by atoms with Crippen molar-refractivity contribution in [2.45, 2.75) is 108 Å². The molecule has 0 N–H and O–H groups in total. The molecule has 4 atom stereocenters. The Kier molecular flexibility index (Phi) is 6.13. The van der Waals surface area contributed by atoms with Gasteiger partial charge in [-0.05, 0) is 51.8 Å². The van der Waals surface area contributed by atoms with E-state index in [0.29, 0.717) is 16.2 Å². The summed E-state index contributed by atoms with van der Waals surface area (Å²) in [6.07, 6.45) is 8.62. The molecule has 2 fully saturated rings. The van der Waals surface area contributed by atoms with Crippen LogP contribution in [-0.2, 0) is 0 Å². The van der Waals surface area contributed by atoms with Crippen molar-refractivity contribution in [1.29, 1.82) is 0 Å². The Hall–Kier alpha value is 0. The van der Waals surface area contributed by atoms with Gasteiger partial charge in [0.25, 0.3) is 0 Å². The monoisotopic (exact) mass is 348 g/mol. The van der Waals surface area contributed by atoms with E-state index in [1.165, 1.54) is 38.5 Å². The SMILES string of the molecule is CC1CCCC(C)C1C(C)(C)C(C)(C)C(C)(C)C1C(C)CCCC1C. The average Bonchev–Trinajstić information content (AvgIpc) is 2.45. The van der Waals surface area contributed by atoms with E-state index in [9.17, 15) is 0 Å². The smallest absolute Gasteiger partial charge is 0.0246 e. The quantitative estimate of drug-likeness (QED) is 0.480. The first-order chi connectivity index (χ1) is 11.4. The van der Waals surface area contributed by atoms with Gasteiger partial charge in [0, 0.05) is 0 Å². The molecule has 2 aliphatic carbocycles. The number of rotatable bonds is 4. The average molecular weight is 349 g/mol. The minimum absolute atomic E-state index is 0.328. The van der Waals surface area contributed by atoms with E-state index >= 15 is 0 Å². The number of hydrogen-bond acceptors (Lipinski definition) is 0. The van der Waals surface area contributed by atoms with Gasteiger partial charge in [-0.25, -0.2) is 0 Å². The summed E-state index contributed by atoms with van der Waals surface area (Å²) in [4.78, 5) is 0. The molecule has 0 amide bonds. The Morgan fingerprint density at radius 3 is 0.960 bits per heavy atom. The molecule has 4 unspecified atom stereocenters. The predicted molar refractivity (Wildman–Crippen MR) is 113 cm³/mol. The maximum absolute atomic E-state index is 2.62. The lowest BCUT2D eigenvalue weighted by Crippen LogP contribution is -2.56. The molecule has 0 aliphatic heterocycles. The van der Waals surface area contributed by atoms with Gasteiger partial charge in [-0.15, -0.1) is 0 Å². The van der Waals surface area contributed by atoms with Gasteiger partial charge in [0.2, 0.25) is 0 Å². The van der Waals surface area contributed by atoms with E-state index in [0.717, 1.165) is 35.5 Å². The Balaban J connectivity index is 2.39. The minimum Gasteiger partial charge on any atom is -0.0622 e. The molecular weight excluding hydrogens is 300 g/mol. The highest BCUT2D eigenvalue weighted by Crippen LogP contribution is 2.64. The molecule has 0 heteroatoms. The second-order valence-electron chi connectivity index (χ2n) is 11.9. The molecule has 0 spiro atoms. The largest absolute Gasteiger partial charge is 0.0622 e. The molecule has 0 aromatic carbocycles.